The van der Waals surface area contributed by atoms with E-state index in [-0.39, 0.29) is 18.6 Å². The number of rotatable bonds is 3. The fourth-order valence-electron chi connectivity index (χ4n) is 2.07. The molecular formula is C16H13NO2. The molecular weight excluding hydrogens is 238 g/mol. The number of terminal acetylenes is 2. The summed E-state index contributed by atoms with van der Waals surface area (Å²) >= 11 is 0. The smallest absolute Gasteiger partial charge is 0.258 e. The molecule has 19 heavy (non-hydrogen) atoms. The number of hydrogen-bond donors (Lipinski definition) is 0. The Bertz CT molecular complexity index is 757. The molecule has 2 aromatic rings. The van der Waals surface area contributed by atoms with Crippen molar-refractivity contribution in [3.05, 3.63) is 40.2 Å². The average Bonchev–Trinajstić information content (AvgIpc) is 2.44. The van der Waals surface area contributed by atoms with Gasteiger partial charge in [-0.15, -0.1) is 18.8 Å². The molecule has 0 N–H and O–H groups in total. The van der Waals surface area contributed by atoms with Crippen molar-refractivity contribution in [1.82, 2.24) is 4.57 Å². The molecule has 0 saturated heterocycles. The topological polar surface area (TPSA) is 31.2 Å². The molecule has 0 amide bonds. The van der Waals surface area contributed by atoms with Gasteiger partial charge in [-0.3, -0.25) is 4.79 Å². The molecule has 1 aromatic carbocycles. The fraction of sp³-hybridized carbons (Fsp3) is 0.188. The predicted octanol–water partition coefficient (Wildman–Crippen LogP) is 1.73. The van der Waals surface area contributed by atoms with Gasteiger partial charge in [0, 0.05) is 18.9 Å². The summed E-state index contributed by atoms with van der Waals surface area (Å²) in [6, 6.07) is 7.50. The number of ether oxygens (including phenoxy) is 1. The zero-order valence-corrected chi connectivity index (χ0v) is 10.6. The lowest BCUT2D eigenvalue weighted by Gasteiger charge is -2.14. The van der Waals surface area contributed by atoms with E-state index in [0.29, 0.717) is 11.3 Å². The summed E-state index contributed by atoms with van der Waals surface area (Å²) in [7, 11) is 1.72. The largest absolute Gasteiger partial charge is 0.480 e. The molecule has 0 spiro atoms. The molecule has 94 valence electrons. The van der Waals surface area contributed by atoms with E-state index in [1.165, 1.54) is 0 Å². The summed E-state index contributed by atoms with van der Waals surface area (Å²) in [5.41, 5.74) is 1.11. The maximum atomic E-state index is 12.3. The number of aromatic nitrogens is 1. The van der Waals surface area contributed by atoms with Crippen LogP contribution in [-0.2, 0) is 13.5 Å². The van der Waals surface area contributed by atoms with Crippen molar-refractivity contribution < 1.29 is 4.74 Å². The summed E-state index contributed by atoms with van der Waals surface area (Å²) < 4.78 is 7.12. The monoisotopic (exact) mass is 251 g/mol. The Balaban J connectivity index is 2.83. The number of para-hydroxylation sites is 1. The number of nitrogens with zero attached hydrogens (tertiary/aromatic N) is 1. The SMILES string of the molecule is C#CCOc1c(CC#C)c(=O)n(C)c2ccccc12. The molecule has 3 heteroatoms. The van der Waals surface area contributed by atoms with Crippen LogP contribution < -0.4 is 10.3 Å². The number of fused-ring (bicyclic) bond motifs is 1. The molecule has 1 aromatic heterocycles. The Morgan fingerprint density at radius 2 is 2.00 bits per heavy atom. The van der Waals surface area contributed by atoms with E-state index in [4.69, 9.17) is 17.6 Å². The first kappa shape index (κ1) is 12.8. The molecule has 0 unspecified atom stereocenters. The Kier molecular flexibility index (Phi) is 3.59. The van der Waals surface area contributed by atoms with Crippen molar-refractivity contribution in [3.63, 3.8) is 0 Å². The summed E-state index contributed by atoms with van der Waals surface area (Å²) in [4.78, 5) is 12.3. The highest BCUT2D eigenvalue weighted by atomic mass is 16.5. The van der Waals surface area contributed by atoms with Crippen molar-refractivity contribution in [2.24, 2.45) is 7.05 Å². The van der Waals surface area contributed by atoms with Gasteiger partial charge in [-0.05, 0) is 12.1 Å². The molecule has 0 bridgehead atoms. The third-order valence-corrected chi connectivity index (χ3v) is 2.93. The number of pyridine rings is 1. The maximum absolute atomic E-state index is 12.3. The third-order valence-electron chi connectivity index (χ3n) is 2.93. The molecule has 3 nitrogen and oxygen atoms in total. The minimum Gasteiger partial charge on any atom is -0.480 e. The first-order valence-electron chi connectivity index (χ1n) is 5.81. The second-order valence-corrected chi connectivity index (χ2v) is 4.06. The van der Waals surface area contributed by atoms with Gasteiger partial charge in [-0.2, -0.15) is 0 Å². The minimum atomic E-state index is -0.149. The lowest BCUT2D eigenvalue weighted by molar-refractivity contribution is 0.370. The van der Waals surface area contributed by atoms with E-state index >= 15 is 0 Å². The zero-order valence-electron chi connectivity index (χ0n) is 10.6. The van der Waals surface area contributed by atoms with Crippen LogP contribution in [-0.4, -0.2) is 11.2 Å². The maximum Gasteiger partial charge on any atom is 0.258 e. The van der Waals surface area contributed by atoms with Gasteiger partial charge < -0.3 is 9.30 Å². The van der Waals surface area contributed by atoms with Crippen LogP contribution >= 0.6 is 0 Å². The van der Waals surface area contributed by atoms with E-state index in [9.17, 15) is 4.79 Å². The highest BCUT2D eigenvalue weighted by Gasteiger charge is 2.15. The zero-order chi connectivity index (χ0) is 13.8. The van der Waals surface area contributed by atoms with Crippen LogP contribution in [0.4, 0.5) is 0 Å². The molecule has 1 heterocycles. The van der Waals surface area contributed by atoms with Gasteiger partial charge in [0.2, 0.25) is 0 Å². The van der Waals surface area contributed by atoms with Crippen LogP contribution in [0, 0.1) is 24.7 Å². The van der Waals surface area contributed by atoms with Gasteiger partial charge in [0.1, 0.15) is 12.4 Å². The Hall–Kier alpha value is -2.65. The Labute approximate surface area is 111 Å². The number of benzene rings is 1. The van der Waals surface area contributed by atoms with Crippen LogP contribution in [0.2, 0.25) is 0 Å². The van der Waals surface area contributed by atoms with Crippen molar-refractivity contribution in [2.75, 3.05) is 6.61 Å². The van der Waals surface area contributed by atoms with Crippen molar-refractivity contribution in [3.8, 4) is 30.4 Å². The van der Waals surface area contributed by atoms with E-state index in [1.54, 1.807) is 11.6 Å². The second-order valence-electron chi connectivity index (χ2n) is 4.06. The average molecular weight is 251 g/mol. The summed E-state index contributed by atoms with van der Waals surface area (Å²) in [6.45, 7) is 0.106. The molecule has 0 fully saturated rings. The fourth-order valence-corrected chi connectivity index (χ4v) is 2.07. The normalized spacial score (nSPS) is 9.84. The van der Waals surface area contributed by atoms with Crippen molar-refractivity contribution >= 4 is 10.9 Å². The lowest BCUT2D eigenvalue weighted by atomic mass is 10.1. The number of hydrogen-bond acceptors (Lipinski definition) is 2. The van der Waals surface area contributed by atoms with Crippen molar-refractivity contribution in [1.29, 1.82) is 0 Å². The number of aryl methyl sites for hydroxylation is 1. The van der Waals surface area contributed by atoms with Crippen LogP contribution in [0.5, 0.6) is 5.75 Å². The van der Waals surface area contributed by atoms with E-state index in [1.807, 2.05) is 24.3 Å². The van der Waals surface area contributed by atoms with Crippen LogP contribution in [0.25, 0.3) is 10.9 Å². The molecule has 2 rings (SSSR count). The molecule has 0 saturated carbocycles. The first-order valence-corrected chi connectivity index (χ1v) is 5.81. The molecule has 0 radical (unpaired) electrons. The highest BCUT2D eigenvalue weighted by molar-refractivity contribution is 5.86. The van der Waals surface area contributed by atoms with Gasteiger partial charge in [-0.25, -0.2) is 0 Å². The summed E-state index contributed by atoms with van der Waals surface area (Å²) in [5, 5.41) is 0.838. The summed E-state index contributed by atoms with van der Waals surface area (Å²) in [6.07, 6.45) is 10.8. The van der Waals surface area contributed by atoms with E-state index in [2.05, 4.69) is 11.8 Å². The first-order chi connectivity index (χ1) is 9.20. The highest BCUT2D eigenvalue weighted by Crippen LogP contribution is 2.27. The molecule has 0 atom stereocenters. The van der Waals surface area contributed by atoms with Gasteiger partial charge in [0.05, 0.1) is 11.1 Å². The van der Waals surface area contributed by atoms with E-state index in [0.717, 1.165) is 10.9 Å². The Morgan fingerprint density at radius 1 is 1.26 bits per heavy atom. The molecule has 0 aliphatic carbocycles. The van der Waals surface area contributed by atoms with Crippen LogP contribution in [0.15, 0.2) is 29.1 Å². The minimum absolute atomic E-state index is 0.106. The third kappa shape index (κ3) is 2.19. The Morgan fingerprint density at radius 3 is 2.68 bits per heavy atom. The van der Waals surface area contributed by atoms with E-state index < -0.39 is 0 Å². The van der Waals surface area contributed by atoms with Gasteiger partial charge >= 0.3 is 0 Å². The van der Waals surface area contributed by atoms with Gasteiger partial charge in [0.15, 0.2) is 0 Å². The predicted molar refractivity (Wildman–Crippen MR) is 76.1 cm³/mol. The van der Waals surface area contributed by atoms with Crippen molar-refractivity contribution in [2.45, 2.75) is 6.42 Å². The van der Waals surface area contributed by atoms with Gasteiger partial charge in [-0.1, -0.05) is 18.1 Å². The van der Waals surface area contributed by atoms with Gasteiger partial charge in [0.25, 0.3) is 5.56 Å². The lowest BCUT2D eigenvalue weighted by Crippen LogP contribution is -2.22. The molecule has 0 aliphatic rings. The van der Waals surface area contributed by atoms with Crippen LogP contribution in [0.3, 0.4) is 0 Å². The summed E-state index contributed by atoms with van der Waals surface area (Å²) in [5.74, 6) is 5.39. The van der Waals surface area contributed by atoms with Crippen LogP contribution in [0.1, 0.15) is 5.56 Å². The second kappa shape index (κ2) is 5.33. The standard InChI is InChI=1S/C16H13NO2/c1-4-8-13-15(19-11-5-2)12-9-6-7-10-14(12)17(3)16(13)18/h1-2,6-7,9-10H,8,11H2,3H3. The molecule has 0 aliphatic heterocycles. The quantitative estimate of drug-likeness (QED) is 0.778.